The van der Waals surface area contributed by atoms with Gasteiger partial charge in [-0.2, -0.15) is 0 Å². The van der Waals surface area contributed by atoms with Gasteiger partial charge in [0.05, 0.1) is 0 Å². The number of rotatable bonds is 4. The Morgan fingerprint density at radius 2 is 1.94 bits per heavy atom. The molecule has 1 atom stereocenters. The van der Waals surface area contributed by atoms with E-state index in [1.807, 2.05) is 38.1 Å². The summed E-state index contributed by atoms with van der Waals surface area (Å²) in [5, 5.41) is 1.90. The van der Waals surface area contributed by atoms with Crippen molar-refractivity contribution in [3.63, 3.8) is 0 Å². The molecule has 94 valence electrons. The summed E-state index contributed by atoms with van der Waals surface area (Å²) >= 11 is 0. The van der Waals surface area contributed by atoms with E-state index in [-0.39, 0.29) is 11.7 Å². The summed E-state index contributed by atoms with van der Waals surface area (Å²) in [6.07, 6.45) is 2.97. The zero-order valence-corrected chi connectivity index (χ0v) is 10.9. The molecule has 0 N–H and O–H groups in total. The van der Waals surface area contributed by atoms with Gasteiger partial charge in [-0.3, -0.25) is 9.78 Å². The number of hydrogen-bond acceptors (Lipinski definition) is 3. The van der Waals surface area contributed by atoms with Gasteiger partial charge in [-0.05, 0) is 11.3 Å². The molecular formula is C15H17NO2. The number of carbonyl (C=O) groups excluding carboxylic acids is 1. The monoisotopic (exact) mass is 243 g/mol. The Morgan fingerprint density at radius 1 is 1.22 bits per heavy atom. The van der Waals surface area contributed by atoms with Crippen LogP contribution in [0.1, 0.15) is 24.2 Å². The number of hydrogen-bond donors (Lipinski definition) is 0. The summed E-state index contributed by atoms with van der Waals surface area (Å²) in [5.74, 6) is 0.137. The van der Waals surface area contributed by atoms with E-state index in [2.05, 4.69) is 4.98 Å². The molecule has 2 rings (SSSR count). The first-order valence-electron chi connectivity index (χ1n) is 6.05. The van der Waals surface area contributed by atoms with Crippen molar-refractivity contribution in [1.29, 1.82) is 0 Å². The van der Waals surface area contributed by atoms with Gasteiger partial charge in [-0.1, -0.05) is 38.1 Å². The Labute approximate surface area is 107 Å². The van der Waals surface area contributed by atoms with Crippen molar-refractivity contribution in [1.82, 2.24) is 4.98 Å². The maximum atomic E-state index is 12.5. The summed E-state index contributed by atoms with van der Waals surface area (Å²) in [6, 6.07) is 7.76. The van der Waals surface area contributed by atoms with Crippen LogP contribution in [0, 0.1) is 5.92 Å². The molecule has 0 bridgehead atoms. The Bertz CT molecular complexity index is 558. The SMILES string of the molecule is COC(C(=O)c1cncc2ccccc12)C(C)C. The summed E-state index contributed by atoms with van der Waals surface area (Å²) in [4.78, 5) is 16.6. The van der Waals surface area contributed by atoms with Crippen LogP contribution in [0.25, 0.3) is 10.8 Å². The molecule has 1 aromatic carbocycles. The highest BCUT2D eigenvalue weighted by atomic mass is 16.5. The van der Waals surface area contributed by atoms with E-state index in [1.54, 1.807) is 19.5 Å². The van der Waals surface area contributed by atoms with Crippen molar-refractivity contribution in [2.45, 2.75) is 20.0 Å². The summed E-state index contributed by atoms with van der Waals surface area (Å²) in [5.41, 5.74) is 0.633. The third kappa shape index (κ3) is 2.27. The van der Waals surface area contributed by atoms with E-state index in [4.69, 9.17) is 4.74 Å². The predicted molar refractivity (Wildman–Crippen MR) is 71.7 cm³/mol. The zero-order chi connectivity index (χ0) is 13.1. The first kappa shape index (κ1) is 12.7. The lowest BCUT2D eigenvalue weighted by molar-refractivity contribution is 0.0460. The minimum absolute atomic E-state index is 0.00296. The summed E-state index contributed by atoms with van der Waals surface area (Å²) in [7, 11) is 1.57. The molecule has 3 heteroatoms. The van der Waals surface area contributed by atoms with Gasteiger partial charge in [0.25, 0.3) is 0 Å². The van der Waals surface area contributed by atoms with Crippen molar-refractivity contribution in [2.24, 2.45) is 5.92 Å². The minimum atomic E-state index is -0.419. The molecule has 2 aromatic rings. The van der Waals surface area contributed by atoms with Crippen LogP contribution < -0.4 is 0 Å². The summed E-state index contributed by atoms with van der Waals surface area (Å²) < 4.78 is 5.30. The fourth-order valence-corrected chi connectivity index (χ4v) is 2.15. The van der Waals surface area contributed by atoms with Crippen LogP contribution in [-0.4, -0.2) is 24.0 Å². The number of carbonyl (C=O) groups is 1. The average molecular weight is 243 g/mol. The van der Waals surface area contributed by atoms with Gasteiger partial charge >= 0.3 is 0 Å². The second kappa shape index (κ2) is 5.27. The van der Waals surface area contributed by atoms with E-state index in [1.165, 1.54) is 0 Å². The fraction of sp³-hybridized carbons (Fsp3) is 0.333. The van der Waals surface area contributed by atoms with Crippen molar-refractivity contribution in [2.75, 3.05) is 7.11 Å². The quantitative estimate of drug-likeness (QED) is 0.775. The molecule has 0 aliphatic rings. The lowest BCUT2D eigenvalue weighted by atomic mass is 9.95. The maximum Gasteiger partial charge on any atom is 0.193 e. The molecule has 3 nitrogen and oxygen atoms in total. The van der Waals surface area contributed by atoms with Crippen LogP contribution in [0.4, 0.5) is 0 Å². The number of ether oxygens (including phenoxy) is 1. The van der Waals surface area contributed by atoms with Crippen molar-refractivity contribution in [3.8, 4) is 0 Å². The highest BCUT2D eigenvalue weighted by molar-refractivity contribution is 6.09. The molecule has 0 spiro atoms. The van der Waals surface area contributed by atoms with Gasteiger partial charge in [0.2, 0.25) is 0 Å². The van der Waals surface area contributed by atoms with E-state index in [9.17, 15) is 4.79 Å². The third-order valence-corrected chi connectivity index (χ3v) is 3.05. The lowest BCUT2D eigenvalue weighted by Crippen LogP contribution is -2.28. The number of aromatic nitrogens is 1. The molecule has 0 fully saturated rings. The molecule has 0 aliphatic carbocycles. The molecule has 1 aromatic heterocycles. The number of fused-ring (bicyclic) bond motifs is 1. The molecular weight excluding hydrogens is 226 g/mol. The highest BCUT2D eigenvalue weighted by Crippen LogP contribution is 2.21. The molecule has 0 saturated carbocycles. The molecule has 18 heavy (non-hydrogen) atoms. The van der Waals surface area contributed by atoms with Crippen molar-refractivity contribution in [3.05, 3.63) is 42.2 Å². The van der Waals surface area contributed by atoms with Crippen LogP contribution in [0.2, 0.25) is 0 Å². The second-order valence-corrected chi connectivity index (χ2v) is 4.67. The number of nitrogens with zero attached hydrogens (tertiary/aromatic N) is 1. The number of benzene rings is 1. The standard InChI is InChI=1S/C15H17NO2/c1-10(2)15(18-3)14(17)13-9-16-8-11-6-4-5-7-12(11)13/h4-10,15H,1-3H3. The minimum Gasteiger partial charge on any atom is -0.373 e. The molecule has 0 amide bonds. The molecule has 0 aliphatic heterocycles. The van der Waals surface area contributed by atoms with Gasteiger partial charge in [-0.15, -0.1) is 0 Å². The van der Waals surface area contributed by atoms with Gasteiger partial charge in [0.1, 0.15) is 6.10 Å². The maximum absolute atomic E-state index is 12.5. The van der Waals surface area contributed by atoms with E-state index in [0.717, 1.165) is 10.8 Å². The first-order valence-corrected chi connectivity index (χ1v) is 6.05. The smallest absolute Gasteiger partial charge is 0.193 e. The topological polar surface area (TPSA) is 39.2 Å². The Balaban J connectivity index is 2.51. The van der Waals surface area contributed by atoms with Crippen LogP contribution in [0.3, 0.4) is 0 Å². The highest BCUT2D eigenvalue weighted by Gasteiger charge is 2.24. The van der Waals surface area contributed by atoms with Crippen LogP contribution in [0.5, 0.6) is 0 Å². The van der Waals surface area contributed by atoms with Gasteiger partial charge < -0.3 is 4.74 Å². The molecule has 1 unspecified atom stereocenters. The van der Waals surface area contributed by atoms with Crippen molar-refractivity contribution >= 4 is 16.6 Å². The van der Waals surface area contributed by atoms with Gasteiger partial charge in [0, 0.05) is 30.5 Å². The van der Waals surface area contributed by atoms with Crippen LogP contribution >= 0.6 is 0 Å². The van der Waals surface area contributed by atoms with Crippen LogP contribution in [-0.2, 0) is 4.74 Å². The van der Waals surface area contributed by atoms with Crippen LogP contribution in [0.15, 0.2) is 36.7 Å². The number of methoxy groups -OCH3 is 1. The van der Waals surface area contributed by atoms with E-state index in [0.29, 0.717) is 5.56 Å². The average Bonchev–Trinajstić information content (AvgIpc) is 2.38. The number of ketones is 1. The summed E-state index contributed by atoms with van der Waals surface area (Å²) in [6.45, 7) is 3.95. The first-order chi connectivity index (χ1) is 8.65. The Morgan fingerprint density at radius 3 is 2.61 bits per heavy atom. The third-order valence-electron chi connectivity index (χ3n) is 3.05. The van der Waals surface area contributed by atoms with E-state index < -0.39 is 6.10 Å². The Hall–Kier alpha value is -1.74. The molecule has 0 saturated heterocycles. The molecule has 0 radical (unpaired) electrons. The second-order valence-electron chi connectivity index (χ2n) is 4.67. The lowest BCUT2D eigenvalue weighted by Gasteiger charge is -2.18. The van der Waals surface area contributed by atoms with Crippen molar-refractivity contribution < 1.29 is 9.53 Å². The van der Waals surface area contributed by atoms with E-state index >= 15 is 0 Å². The zero-order valence-electron chi connectivity index (χ0n) is 10.9. The molecule has 1 heterocycles. The normalized spacial score (nSPS) is 12.9. The number of Topliss-reactive ketones (excluding diaryl/α,β-unsaturated/α-hetero) is 1. The largest absolute Gasteiger partial charge is 0.373 e. The predicted octanol–water partition coefficient (Wildman–Crippen LogP) is 3.09. The fourth-order valence-electron chi connectivity index (χ4n) is 2.15. The van der Waals surface area contributed by atoms with Gasteiger partial charge in [0.15, 0.2) is 5.78 Å². The van der Waals surface area contributed by atoms with Gasteiger partial charge in [-0.25, -0.2) is 0 Å². The number of pyridine rings is 1. The Kier molecular flexibility index (Phi) is 3.72.